The average molecular weight is 266 g/mol. The Morgan fingerprint density at radius 3 is 2.53 bits per heavy atom. The number of nitrogens with zero attached hydrogens (tertiary/aromatic N) is 1. The summed E-state index contributed by atoms with van der Waals surface area (Å²) >= 11 is 3.54. The van der Waals surface area contributed by atoms with Crippen molar-refractivity contribution in [1.29, 1.82) is 0 Å². The van der Waals surface area contributed by atoms with Gasteiger partial charge in [0.2, 0.25) is 0 Å². The summed E-state index contributed by atoms with van der Waals surface area (Å²) in [4.78, 5) is 0. The highest BCUT2D eigenvalue weighted by Gasteiger charge is 2.06. The largest absolute Gasteiger partial charge is 0.382 e. The minimum absolute atomic E-state index is 0.513. The van der Waals surface area contributed by atoms with E-state index in [4.69, 9.17) is 5.73 Å². The fourth-order valence-electron chi connectivity index (χ4n) is 1.46. The highest BCUT2D eigenvalue weighted by atomic mass is 79.9. The van der Waals surface area contributed by atoms with Gasteiger partial charge in [0.15, 0.2) is 0 Å². The lowest BCUT2D eigenvalue weighted by molar-refractivity contribution is 1.10. The van der Waals surface area contributed by atoms with Crippen molar-refractivity contribution in [1.82, 2.24) is 10.2 Å². The lowest BCUT2D eigenvalue weighted by Gasteiger charge is -2.06. The molecule has 0 saturated heterocycles. The summed E-state index contributed by atoms with van der Waals surface area (Å²) in [5, 5.41) is 6.81. The van der Waals surface area contributed by atoms with Crippen molar-refractivity contribution < 1.29 is 0 Å². The molecule has 3 nitrogen and oxygen atoms in total. The van der Waals surface area contributed by atoms with Gasteiger partial charge in [0, 0.05) is 16.1 Å². The van der Waals surface area contributed by atoms with E-state index in [2.05, 4.69) is 52.1 Å². The Morgan fingerprint density at radius 2 is 2.00 bits per heavy atom. The second-order valence-corrected chi connectivity index (χ2v) is 4.46. The molecule has 0 saturated carbocycles. The number of nitrogen functional groups attached to an aromatic ring is 1. The second-order valence-electron chi connectivity index (χ2n) is 3.61. The van der Waals surface area contributed by atoms with E-state index in [9.17, 15) is 0 Å². The van der Waals surface area contributed by atoms with Crippen LogP contribution in [-0.4, -0.2) is 10.2 Å². The fourth-order valence-corrected chi connectivity index (χ4v) is 2.02. The van der Waals surface area contributed by atoms with Crippen LogP contribution in [0, 0.1) is 13.8 Å². The number of anilines is 1. The normalized spacial score (nSPS) is 10.6. The topological polar surface area (TPSA) is 54.7 Å². The molecule has 0 aliphatic carbocycles. The molecule has 0 radical (unpaired) electrons. The summed E-state index contributed by atoms with van der Waals surface area (Å²) in [7, 11) is 0. The van der Waals surface area contributed by atoms with Crippen molar-refractivity contribution in [2.45, 2.75) is 13.8 Å². The highest BCUT2D eigenvalue weighted by molar-refractivity contribution is 9.10. The molecule has 0 fully saturated rings. The molecule has 0 atom stereocenters. The first-order chi connectivity index (χ1) is 7.08. The number of H-pyrrole nitrogens is 1. The molecule has 3 N–H and O–H groups in total. The lowest BCUT2D eigenvalue weighted by Crippen LogP contribution is -1.86. The number of rotatable bonds is 1. The summed E-state index contributed by atoms with van der Waals surface area (Å²) in [5.41, 5.74) is 10.1. The zero-order valence-electron chi connectivity index (χ0n) is 8.63. The first-order valence-electron chi connectivity index (χ1n) is 4.66. The number of aromatic amines is 1. The third-order valence-corrected chi connectivity index (χ3v) is 3.34. The van der Waals surface area contributed by atoms with E-state index in [-0.39, 0.29) is 0 Å². The SMILES string of the molecule is Cc1cc(-c2cc(N)n[nH]2)cc(Br)c1C. The van der Waals surface area contributed by atoms with Crippen LogP contribution in [0.3, 0.4) is 0 Å². The van der Waals surface area contributed by atoms with Crippen LogP contribution in [0.5, 0.6) is 0 Å². The molecule has 4 heteroatoms. The monoisotopic (exact) mass is 265 g/mol. The second kappa shape index (κ2) is 3.70. The lowest BCUT2D eigenvalue weighted by atomic mass is 10.0. The van der Waals surface area contributed by atoms with Crippen LogP contribution >= 0.6 is 15.9 Å². The van der Waals surface area contributed by atoms with E-state index in [0.29, 0.717) is 5.82 Å². The Labute approximate surface area is 96.8 Å². The van der Waals surface area contributed by atoms with Gasteiger partial charge in [-0.25, -0.2) is 0 Å². The first kappa shape index (κ1) is 10.2. The molecule has 0 bridgehead atoms. The van der Waals surface area contributed by atoms with Gasteiger partial charge in [0.25, 0.3) is 0 Å². The minimum atomic E-state index is 0.513. The van der Waals surface area contributed by atoms with Gasteiger partial charge >= 0.3 is 0 Å². The number of halogens is 1. The van der Waals surface area contributed by atoms with Crippen LogP contribution in [0.2, 0.25) is 0 Å². The molecule has 78 valence electrons. The fraction of sp³-hybridized carbons (Fsp3) is 0.182. The van der Waals surface area contributed by atoms with Crippen molar-refractivity contribution >= 4 is 21.7 Å². The smallest absolute Gasteiger partial charge is 0.145 e. The van der Waals surface area contributed by atoms with Crippen LogP contribution in [-0.2, 0) is 0 Å². The Bertz CT molecular complexity index is 479. The molecule has 0 amide bonds. The molecule has 2 rings (SSSR count). The zero-order chi connectivity index (χ0) is 11.0. The van der Waals surface area contributed by atoms with E-state index >= 15 is 0 Å². The van der Waals surface area contributed by atoms with E-state index in [1.165, 1.54) is 11.1 Å². The number of hydrogen-bond acceptors (Lipinski definition) is 2. The van der Waals surface area contributed by atoms with Crippen LogP contribution in [0.25, 0.3) is 11.3 Å². The summed E-state index contributed by atoms with van der Waals surface area (Å²) in [6.45, 7) is 4.17. The van der Waals surface area contributed by atoms with Gasteiger partial charge in [-0.15, -0.1) is 0 Å². The summed E-state index contributed by atoms with van der Waals surface area (Å²) in [6.07, 6.45) is 0. The van der Waals surface area contributed by atoms with E-state index in [0.717, 1.165) is 15.7 Å². The van der Waals surface area contributed by atoms with Crippen LogP contribution in [0.1, 0.15) is 11.1 Å². The first-order valence-corrected chi connectivity index (χ1v) is 5.45. The quantitative estimate of drug-likeness (QED) is 0.833. The standard InChI is InChI=1S/C11H12BrN3/c1-6-3-8(4-9(12)7(6)2)10-5-11(13)15-14-10/h3-5H,1-2H3,(H3,13,14,15). The average Bonchev–Trinajstić information content (AvgIpc) is 2.60. The molecule has 0 aliphatic heterocycles. The molecule has 0 aliphatic rings. The van der Waals surface area contributed by atoms with E-state index in [1.807, 2.05) is 6.07 Å². The Balaban J connectivity index is 2.55. The zero-order valence-corrected chi connectivity index (χ0v) is 10.2. The maximum atomic E-state index is 5.57. The molecule has 1 heterocycles. The Hall–Kier alpha value is -1.29. The van der Waals surface area contributed by atoms with Crippen molar-refractivity contribution in [3.63, 3.8) is 0 Å². The molecule has 1 aromatic heterocycles. The number of nitrogens with one attached hydrogen (secondary N) is 1. The third kappa shape index (κ3) is 1.90. The summed E-state index contributed by atoms with van der Waals surface area (Å²) in [5.74, 6) is 0.513. The number of aromatic nitrogens is 2. The van der Waals surface area contributed by atoms with Crippen molar-refractivity contribution in [2.24, 2.45) is 0 Å². The number of nitrogens with two attached hydrogens (primary N) is 1. The van der Waals surface area contributed by atoms with Crippen LogP contribution < -0.4 is 5.73 Å². The van der Waals surface area contributed by atoms with Crippen LogP contribution in [0.4, 0.5) is 5.82 Å². The van der Waals surface area contributed by atoms with Gasteiger partial charge in [-0.2, -0.15) is 5.10 Å². The van der Waals surface area contributed by atoms with Crippen LogP contribution in [0.15, 0.2) is 22.7 Å². The number of aryl methyl sites for hydroxylation is 1. The molecule has 0 unspecified atom stereocenters. The molecule has 1 aromatic carbocycles. The third-order valence-electron chi connectivity index (χ3n) is 2.51. The predicted octanol–water partition coefficient (Wildman–Crippen LogP) is 3.04. The predicted molar refractivity (Wildman–Crippen MR) is 65.6 cm³/mol. The summed E-state index contributed by atoms with van der Waals surface area (Å²) < 4.78 is 1.10. The Kier molecular flexibility index (Phi) is 2.52. The van der Waals surface area contributed by atoms with E-state index < -0.39 is 0 Å². The van der Waals surface area contributed by atoms with Crippen molar-refractivity contribution in [2.75, 3.05) is 5.73 Å². The minimum Gasteiger partial charge on any atom is -0.382 e. The van der Waals surface area contributed by atoms with Gasteiger partial charge in [-0.1, -0.05) is 15.9 Å². The highest BCUT2D eigenvalue weighted by Crippen LogP contribution is 2.27. The van der Waals surface area contributed by atoms with Gasteiger partial charge in [0.1, 0.15) is 5.82 Å². The van der Waals surface area contributed by atoms with Gasteiger partial charge in [-0.3, -0.25) is 5.10 Å². The molecular formula is C11H12BrN3. The number of benzene rings is 1. The van der Waals surface area contributed by atoms with Crippen molar-refractivity contribution in [3.8, 4) is 11.3 Å². The van der Waals surface area contributed by atoms with Crippen molar-refractivity contribution in [3.05, 3.63) is 33.8 Å². The molecular weight excluding hydrogens is 254 g/mol. The van der Waals surface area contributed by atoms with Gasteiger partial charge in [0.05, 0.1) is 5.69 Å². The molecule has 2 aromatic rings. The molecule has 15 heavy (non-hydrogen) atoms. The van der Waals surface area contributed by atoms with Gasteiger partial charge in [-0.05, 0) is 37.1 Å². The maximum Gasteiger partial charge on any atom is 0.145 e. The van der Waals surface area contributed by atoms with Gasteiger partial charge < -0.3 is 5.73 Å². The number of hydrogen-bond donors (Lipinski definition) is 2. The summed E-state index contributed by atoms with van der Waals surface area (Å²) in [6, 6.07) is 6.01. The molecule has 0 spiro atoms. The Morgan fingerprint density at radius 1 is 1.27 bits per heavy atom. The van der Waals surface area contributed by atoms with E-state index in [1.54, 1.807) is 0 Å². The maximum absolute atomic E-state index is 5.57.